The number of rotatable bonds is 7. The van der Waals surface area contributed by atoms with E-state index in [0.29, 0.717) is 5.56 Å². The van der Waals surface area contributed by atoms with Crippen LogP contribution in [0.4, 0.5) is 5.69 Å². The lowest BCUT2D eigenvalue weighted by atomic mass is 10.1. The molecule has 1 aliphatic rings. The monoisotopic (exact) mass is 397 g/mol. The Bertz CT molecular complexity index is 1010. The van der Waals surface area contributed by atoms with E-state index in [4.69, 9.17) is 0 Å². The van der Waals surface area contributed by atoms with Gasteiger partial charge in [-0.25, -0.2) is 0 Å². The zero-order valence-electron chi connectivity index (χ0n) is 15.0. The fraction of sp³-hybridized carbons (Fsp3) is 0.167. The second-order valence-corrected chi connectivity index (χ2v) is 6.03. The number of fused-ring (bicyclic) bond motifs is 1. The lowest BCUT2D eigenvalue weighted by molar-refractivity contribution is -0.384. The first-order valence-electron chi connectivity index (χ1n) is 8.48. The standard InChI is InChI=1S/C18H15N5O6/c24-15(20-7-8-21-16(25)11-3-5-19-6-4-11)10-22-17(26)13-2-1-12(23(28)29)9-14(13)18(22)27/h1-6,9H,7-8,10H2,(H,20,24)(H,21,25). The van der Waals surface area contributed by atoms with Gasteiger partial charge >= 0.3 is 0 Å². The average molecular weight is 397 g/mol. The number of nitrogens with zero attached hydrogens (tertiary/aromatic N) is 3. The maximum Gasteiger partial charge on any atom is 0.270 e. The maximum absolute atomic E-state index is 12.3. The quantitative estimate of drug-likeness (QED) is 0.292. The largest absolute Gasteiger partial charge is 0.353 e. The molecule has 0 saturated carbocycles. The SMILES string of the molecule is O=C(CN1C(=O)c2ccc([N+](=O)[O-])cc2C1=O)NCCNC(=O)c1ccncc1. The predicted molar refractivity (Wildman–Crippen MR) is 98.0 cm³/mol. The molecule has 1 aliphatic heterocycles. The van der Waals surface area contributed by atoms with Crippen LogP contribution in [0.1, 0.15) is 31.1 Å². The van der Waals surface area contributed by atoms with Crippen molar-refractivity contribution < 1.29 is 24.1 Å². The number of non-ortho nitro benzene ring substituents is 1. The van der Waals surface area contributed by atoms with Gasteiger partial charge in [-0.15, -0.1) is 0 Å². The van der Waals surface area contributed by atoms with Gasteiger partial charge in [0.1, 0.15) is 6.54 Å². The van der Waals surface area contributed by atoms with Gasteiger partial charge in [0.25, 0.3) is 23.4 Å². The molecule has 0 spiro atoms. The van der Waals surface area contributed by atoms with E-state index in [1.54, 1.807) is 12.1 Å². The second kappa shape index (κ2) is 8.25. The number of nitrogens with one attached hydrogen (secondary N) is 2. The fourth-order valence-corrected chi connectivity index (χ4v) is 2.72. The van der Waals surface area contributed by atoms with Crippen molar-refractivity contribution in [2.45, 2.75) is 0 Å². The molecule has 0 radical (unpaired) electrons. The Morgan fingerprint density at radius 1 is 1.00 bits per heavy atom. The first kappa shape index (κ1) is 19.6. The summed E-state index contributed by atoms with van der Waals surface area (Å²) in [5.74, 6) is -2.40. The highest BCUT2D eigenvalue weighted by Gasteiger charge is 2.37. The van der Waals surface area contributed by atoms with E-state index in [2.05, 4.69) is 15.6 Å². The number of benzene rings is 1. The molecular formula is C18H15N5O6. The third-order valence-corrected chi connectivity index (χ3v) is 4.14. The van der Waals surface area contributed by atoms with Crippen LogP contribution in [0.2, 0.25) is 0 Å². The molecule has 148 valence electrons. The van der Waals surface area contributed by atoms with Crippen LogP contribution in [0.25, 0.3) is 0 Å². The Morgan fingerprint density at radius 2 is 1.66 bits per heavy atom. The number of nitro groups is 1. The van der Waals surface area contributed by atoms with Crippen molar-refractivity contribution in [3.63, 3.8) is 0 Å². The molecule has 1 aromatic carbocycles. The predicted octanol–water partition coefficient (Wildman–Crippen LogP) is 0.132. The number of nitro benzene ring substituents is 1. The molecule has 29 heavy (non-hydrogen) atoms. The summed E-state index contributed by atoms with van der Waals surface area (Å²) in [6.07, 6.45) is 2.96. The van der Waals surface area contributed by atoms with Gasteiger partial charge in [-0.05, 0) is 18.2 Å². The Labute approximate surface area is 163 Å². The zero-order chi connectivity index (χ0) is 21.0. The average Bonchev–Trinajstić information content (AvgIpc) is 2.96. The van der Waals surface area contributed by atoms with Crippen LogP contribution in [-0.4, -0.2) is 58.1 Å². The maximum atomic E-state index is 12.3. The molecule has 3 rings (SSSR count). The molecule has 1 aromatic heterocycles. The minimum Gasteiger partial charge on any atom is -0.353 e. The molecule has 4 amide bonds. The van der Waals surface area contributed by atoms with Crippen LogP contribution < -0.4 is 10.6 Å². The molecule has 11 nitrogen and oxygen atoms in total. The summed E-state index contributed by atoms with van der Waals surface area (Å²) in [6, 6.07) is 6.42. The number of hydrogen-bond donors (Lipinski definition) is 2. The summed E-state index contributed by atoms with van der Waals surface area (Å²) in [5, 5.41) is 15.9. The molecular weight excluding hydrogens is 382 g/mol. The van der Waals surface area contributed by atoms with Crippen LogP contribution >= 0.6 is 0 Å². The highest BCUT2D eigenvalue weighted by Crippen LogP contribution is 2.26. The molecule has 0 saturated heterocycles. The van der Waals surface area contributed by atoms with E-state index < -0.39 is 29.2 Å². The first-order chi connectivity index (χ1) is 13.9. The van der Waals surface area contributed by atoms with Gasteiger partial charge in [-0.1, -0.05) is 0 Å². The Balaban J connectivity index is 1.50. The van der Waals surface area contributed by atoms with Crippen molar-refractivity contribution in [2.24, 2.45) is 0 Å². The van der Waals surface area contributed by atoms with E-state index in [9.17, 15) is 29.3 Å². The van der Waals surface area contributed by atoms with E-state index in [-0.39, 0.29) is 35.8 Å². The lowest BCUT2D eigenvalue weighted by Gasteiger charge is -2.13. The topological polar surface area (TPSA) is 152 Å². The lowest BCUT2D eigenvalue weighted by Crippen LogP contribution is -2.42. The van der Waals surface area contributed by atoms with Gasteiger partial charge < -0.3 is 10.6 Å². The summed E-state index contributed by atoms with van der Waals surface area (Å²) >= 11 is 0. The Morgan fingerprint density at radius 3 is 2.34 bits per heavy atom. The van der Waals surface area contributed by atoms with Crippen molar-refractivity contribution in [2.75, 3.05) is 19.6 Å². The number of aromatic nitrogens is 1. The van der Waals surface area contributed by atoms with Crippen LogP contribution in [-0.2, 0) is 4.79 Å². The number of amides is 4. The van der Waals surface area contributed by atoms with Gasteiger partial charge in [0.15, 0.2) is 0 Å². The van der Waals surface area contributed by atoms with Crippen molar-refractivity contribution >= 4 is 29.3 Å². The van der Waals surface area contributed by atoms with Crippen molar-refractivity contribution in [3.05, 3.63) is 69.5 Å². The van der Waals surface area contributed by atoms with Crippen LogP contribution in [0.3, 0.4) is 0 Å². The van der Waals surface area contributed by atoms with Gasteiger partial charge in [0.05, 0.1) is 16.1 Å². The molecule has 11 heteroatoms. The molecule has 0 bridgehead atoms. The molecule has 2 heterocycles. The normalized spacial score (nSPS) is 12.5. The molecule has 2 aromatic rings. The summed E-state index contributed by atoms with van der Waals surface area (Å²) in [6.45, 7) is -0.302. The minimum absolute atomic E-state index is 0.0121. The van der Waals surface area contributed by atoms with E-state index in [0.717, 1.165) is 17.0 Å². The number of pyridine rings is 1. The van der Waals surface area contributed by atoms with Crippen LogP contribution in [0.5, 0.6) is 0 Å². The van der Waals surface area contributed by atoms with E-state index in [1.165, 1.54) is 18.5 Å². The van der Waals surface area contributed by atoms with Crippen molar-refractivity contribution in [1.82, 2.24) is 20.5 Å². The van der Waals surface area contributed by atoms with Crippen LogP contribution in [0.15, 0.2) is 42.7 Å². The Hall–Kier alpha value is -4.15. The van der Waals surface area contributed by atoms with Gasteiger partial charge in [-0.2, -0.15) is 0 Å². The van der Waals surface area contributed by atoms with Crippen molar-refractivity contribution in [3.8, 4) is 0 Å². The molecule has 0 atom stereocenters. The highest BCUT2D eigenvalue weighted by molar-refractivity contribution is 6.22. The number of imide groups is 1. The molecule has 0 aliphatic carbocycles. The summed E-state index contributed by atoms with van der Waals surface area (Å²) < 4.78 is 0. The van der Waals surface area contributed by atoms with Crippen molar-refractivity contribution in [1.29, 1.82) is 0 Å². The molecule has 0 fully saturated rings. The number of hydrogen-bond acceptors (Lipinski definition) is 7. The third kappa shape index (κ3) is 4.24. The second-order valence-electron chi connectivity index (χ2n) is 6.03. The number of carbonyl (C=O) groups excluding carboxylic acids is 4. The van der Waals surface area contributed by atoms with Gasteiger partial charge in [0.2, 0.25) is 5.91 Å². The van der Waals surface area contributed by atoms with E-state index in [1.807, 2.05) is 0 Å². The van der Waals surface area contributed by atoms with Gasteiger partial charge in [-0.3, -0.25) is 39.2 Å². The zero-order valence-corrected chi connectivity index (χ0v) is 15.0. The smallest absolute Gasteiger partial charge is 0.270 e. The molecule has 2 N–H and O–H groups in total. The third-order valence-electron chi connectivity index (χ3n) is 4.14. The summed E-state index contributed by atoms with van der Waals surface area (Å²) in [7, 11) is 0. The first-order valence-corrected chi connectivity index (χ1v) is 8.48. The summed E-state index contributed by atoms with van der Waals surface area (Å²) in [4.78, 5) is 63.2. The number of carbonyl (C=O) groups is 4. The Kier molecular flexibility index (Phi) is 5.58. The fourth-order valence-electron chi connectivity index (χ4n) is 2.72. The summed E-state index contributed by atoms with van der Waals surface area (Å²) in [5.41, 5.74) is 0.00668. The highest BCUT2D eigenvalue weighted by atomic mass is 16.6. The van der Waals surface area contributed by atoms with E-state index >= 15 is 0 Å². The molecule has 0 unspecified atom stereocenters. The minimum atomic E-state index is -0.769. The van der Waals surface area contributed by atoms with Crippen LogP contribution in [0, 0.1) is 10.1 Å². The van der Waals surface area contributed by atoms with Gasteiger partial charge in [0, 0.05) is 43.2 Å².